The molecule has 1 atom stereocenters. The normalized spacial score (nSPS) is 12.8. The molecule has 1 rings (SSSR count). The third-order valence-corrected chi connectivity index (χ3v) is 3.34. The Hall–Kier alpha value is -0.650. The van der Waals surface area contributed by atoms with Crippen LogP contribution >= 0.6 is 22.9 Å². The molecule has 0 aliphatic rings. The molecule has 78 valence electrons. The zero-order valence-corrected chi connectivity index (χ0v) is 9.48. The Kier molecular flexibility index (Phi) is 3.86. The minimum absolute atomic E-state index is 0.00332. The van der Waals surface area contributed by atoms with Gasteiger partial charge in [-0.1, -0.05) is 18.5 Å². The van der Waals surface area contributed by atoms with Gasteiger partial charge >= 0.3 is 0 Å². The maximum atomic E-state index is 10.5. The minimum atomic E-state index is -0.457. The van der Waals surface area contributed by atoms with Crippen molar-refractivity contribution in [3.63, 3.8) is 0 Å². The highest BCUT2D eigenvalue weighted by Gasteiger charge is 2.19. The molecule has 6 heteroatoms. The molecule has 14 heavy (non-hydrogen) atoms. The van der Waals surface area contributed by atoms with Gasteiger partial charge in [0.2, 0.25) is 0 Å². The van der Waals surface area contributed by atoms with Crippen LogP contribution in [-0.2, 0) is 0 Å². The summed E-state index contributed by atoms with van der Waals surface area (Å²) in [5, 5.41) is 13.7. The summed E-state index contributed by atoms with van der Waals surface area (Å²) in [6.07, 6.45) is 0. The van der Waals surface area contributed by atoms with Gasteiger partial charge < -0.3 is 5.32 Å². The molecule has 4 nitrogen and oxygen atoms in total. The lowest BCUT2D eigenvalue weighted by Gasteiger charge is -2.08. The van der Waals surface area contributed by atoms with Crippen LogP contribution in [0.1, 0.15) is 24.8 Å². The van der Waals surface area contributed by atoms with E-state index in [1.165, 1.54) is 17.4 Å². The first-order valence-corrected chi connectivity index (χ1v) is 5.42. The lowest BCUT2D eigenvalue weighted by molar-refractivity contribution is -0.384. The fraction of sp³-hybridized carbons (Fsp3) is 0.500. The van der Waals surface area contributed by atoms with Crippen LogP contribution in [0.5, 0.6) is 0 Å². The van der Waals surface area contributed by atoms with Crippen molar-refractivity contribution in [2.24, 2.45) is 0 Å². The van der Waals surface area contributed by atoms with E-state index in [4.69, 9.17) is 11.6 Å². The second-order valence-corrected chi connectivity index (χ2v) is 4.53. The maximum absolute atomic E-state index is 10.5. The van der Waals surface area contributed by atoms with Gasteiger partial charge in [-0.05, 0) is 13.5 Å². The zero-order chi connectivity index (χ0) is 10.7. The van der Waals surface area contributed by atoms with E-state index < -0.39 is 4.92 Å². The summed E-state index contributed by atoms with van der Waals surface area (Å²) in [6.45, 7) is 4.76. The zero-order valence-electron chi connectivity index (χ0n) is 7.91. The summed E-state index contributed by atoms with van der Waals surface area (Å²) in [7, 11) is 0. The van der Waals surface area contributed by atoms with E-state index in [2.05, 4.69) is 5.32 Å². The fourth-order valence-corrected chi connectivity index (χ4v) is 2.39. The van der Waals surface area contributed by atoms with Crippen molar-refractivity contribution in [2.75, 3.05) is 6.54 Å². The van der Waals surface area contributed by atoms with E-state index >= 15 is 0 Å². The molecule has 1 aromatic rings. The SMILES string of the molecule is CCNC(C)c1cc([N+](=O)[O-])c(Cl)s1. The highest BCUT2D eigenvalue weighted by Crippen LogP contribution is 2.36. The van der Waals surface area contributed by atoms with Crippen LogP contribution in [0.25, 0.3) is 0 Å². The Morgan fingerprint density at radius 3 is 2.86 bits per heavy atom. The quantitative estimate of drug-likeness (QED) is 0.644. The Bertz CT molecular complexity index is 340. The molecule has 0 bridgehead atoms. The predicted molar refractivity (Wildman–Crippen MR) is 58.1 cm³/mol. The third kappa shape index (κ3) is 2.43. The summed E-state index contributed by atoms with van der Waals surface area (Å²) in [4.78, 5) is 11.0. The number of hydrogen-bond donors (Lipinski definition) is 1. The van der Waals surface area contributed by atoms with Crippen LogP contribution in [-0.4, -0.2) is 11.5 Å². The average molecular weight is 235 g/mol. The number of halogens is 1. The number of nitro groups is 1. The van der Waals surface area contributed by atoms with Gasteiger partial charge in [0, 0.05) is 17.0 Å². The number of nitrogens with one attached hydrogen (secondary N) is 1. The van der Waals surface area contributed by atoms with E-state index in [1.807, 2.05) is 13.8 Å². The predicted octanol–water partition coefficient (Wildman–Crippen LogP) is 2.98. The van der Waals surface area contributed by atoms with Crippen LogP contribution < -0.4 is 5.32 Å². The van der Waals surface area contributed by atoms with E-state index in [-0.39, 0.29) is 16.1 Å². The summed E-state index contributed by atoms with van der Waals surface area (Å²) in [6, 6.07) is 1.64. The molecule has 0 radical (unpaired) electrons. The fourth-order valence-electron chi connectivity index (χ4n) is 1.12. The van der Waals surface area contributed by atoms with Gasteiger partial charge in [0.25, 0.3) is 5.69 Å². The summed E-state index contributed by atoms with van der Waals surface area (Å²) in [5.41, 5.74) is -0.00332. The Morgan fingerprint density at radius 1 is 1.79 bits per heavy atom. The molecule has 0 spiro atoms. The van der Waals surface area contributed by atoms with Gasteiger partial charge in [-0.2, -0.15) is 0 Å². The van der Waals surface area contributed by atoms with Crippen molar-refractivity contribution in [1.29, 1.82) is 0 Å². The summed E-state index contributed by atoms with van der Waals surface area (Å²) < 4.78 is 0.245. The summed E-state index contributed by atoms with van der Waals surface area (Å²) >= 11 is 6.99. The van der Waals surface area contributed by atoms with Gasteiger partial charge in [0.05, 0.1) is 4.92 Å². The van der Waals surface area contributed by atoms with Crippen LogP contribution in [0, 0.1) is 10.1 Å². The van der Waals surface area contributed by atoms with Gasteiger partial charge in [-0.3, -0.25) is 10.1 Å². The molecule has 0 aliphatic carbocycles. The van der Waals surface area contributed by atoms with Crippen molar-refractivity contribution in [3.05, 3.63) is 25.4 Å². The second kappa shape index (κ2) is 4.72. The number of rotatable bonds is 4. The molecule has 1 heterocycles. The average Bonchev–Trinajstić information content (AvgIpc) is 2.48. The first kappa shape index (κ1) is 11.4. The number of hydrogen-bond acceptors (Lipinski definition) is 4. The molecule has 1 unspecified atom stereocenters. The van der Waals surface area contributed by atoms with Gasteiger partial charge in [0.15, 0.2) is 4.34 Å². The van der Waals surface area contributed by atoms with Crippen LogP contribution in [0.2, 0.25) is 4.34 Å². The Morgan fingerprint density at radius 2 is 2.43 bits per heavy atom. The lowest BCUT2D eigenvalue weighted by Crippen LogP contribution is -2.16. The van der Waals surface area contributed by atoms with Crippen LogP contribution in [0.3, 0.4) is 0 Å². The molecule has 0 aliphatic heterocycles. The highest BCUT2D eigenvalue weighted by molar-refractivity contribution is 7.16. The molecule has 0 fully saturated rings. The molecule has 1 aromatic heterocycles. The van der Waals surface area contributed by atoms with Gasteiger partial charge in [-0.15, -0.1) is 11.3 Å². The molecular weight excluding hydrogens is 224 g/mol. The number of nitrogens with zero attached hydrogens (tertiary/aromatic N) is 1. The molecule has 0 saturated carbocycles. The summed E-state index contributed by atoms with van der Waals surface area (Å²) in [5.74, 6) is 0. The van der Waals surface area contributed by atoms with Crippen molar-refractivity contribution in [2.45, 2.75) is 19.9 Å². The minimum Gasteiger partial charge on any atom is -0.310 e. The first-order chi connectivity index (χ1) is 6.56. The third-order valence-electron chi connectivity index (χ3n) is 1.82. The van der Waals surface area contributed by atoms with E-state index in [1.54, 1.807) is 0 Å². The van der Waals surface area contributed by atoms with E-state index in [0.717, 1.165) is 11.4 Å². The van der Waals surface area contributed by atoms with Crippen molar-refractivity contribution >= 4 is 28.6 Å². The monoisotopic (exact) mass is 234 g/mol. The van der Waals surface area contributed by atoms with Gasteiger partial charge in [0.1, 0.15) is 0 Å². The second-order valence-electron chi connectivity index (χ2n) is 2.84. The molecule has 0 amide bonds. The topological polar surface area (TPSA) is 55.2 Å². The van der Waals surface area contributed by atoms with E-state index in [9.17, 15) is 10.1 Å². The molecular formula is C8H11ClN2O2S. The van der Waals surface area contributed by atoms with Gasteiger partial charge in [-0.25, -0.2) is 0 Å². The smallest absolute Gasteiger partial charge is 0.299 e. The molecule has 1 N–H and O–H groups in total. The van der Waals surface area contributed by atoms with E-state index in [0.29, 0.717) is 0 Å². The standard InChI is InChI=1S/C8H11ClN2O2S/c1-3-10-5(2)7-4-6(11(12)13)8(9)14-7/h4-5,10H,3H2,1-2H3. The maximum Gasteiger partial charge on any atom is 0.299 e. The van der Waals surface area contributed by atoms with Crippen LogP contribution in [0.4, 0.5) is 5.69 Å². The first-order valence-electron chi connectivity index (χ1n) is 4.23. The Labute approximate surface area is 91.0 Å². The highest BCUT2D eigenvalue weighted by atomic mass is 35.5. The molecule has 0 aromatic carbocycles. The Balaban J connectivity index is 2.90. The molecule has 0 saturated heterocycles. The number of thiophene rings is 1. The van der Waals surface area contributed by atoms with Crippen molar-refractivity contribution in [1.82, 2.24) is 5.32 Å². The van der Waals surface area contributed by atoms with Crippen molar-refractivity contribution in [3.8, 4) is 0 Å². The van der Waals surface area contributed by atoms with Crippen LogP contribution in [0.15, 0.2) is 6.07 Å². The van der Waals surface area contributed by atoms with Crippen molar-refractivity contribution < 1.29 is 4.92 Å². The lowest BCUT2D eigenvalue weighted by atomic mass is 10.2. The largest absolute Gasteiger partial charge is 0.310 e.